The maximum atomic E-state index is 12.2. The predicted octanol–water partition coefficient (Wildman–Crippen LogP) is 1.89. The lowest BCUT2D eigenvalue weighted by Gasteiger charge is -2.09. The van der Waals surface area contributed by atoms with Gasteiger partial charge in [0.25, 0.3) is 0 Å². The SMILES string of the molecule is Nc1cc(N[N+](=O)[O-])ccc1C(F)(F)F. The van der Waals surface area contributed by atoms with Crippen molar-refractivity contribution in [2.75, 3.05) is 11.2 Å². The first-order chi connectivity index (χ1) is 6.80. The van der Waals surface area contributed by atoms with Crippen LogP contribution in [0.2, 0.25) is 0 Å². The minimum atomic E-state index is -4.56. The van der Waals surface area contributed by atoms with Crippen molar-refractivity contribution < 1.29 is 18.2 Å². The minimum absolute atomic E-state index is 0.106. The molecule has 82 valence electrons. The molecule has 0 spiro atoms. The summed E-state index contributed by atoms with van der Waals surface area (Å²) in [5, 5.41) is 9.11. The van der Waals surface area contributed by atoms with Crippen LogP contribution in [-0.4, -0.2) is 5.03 Å². The molecule has 0 aliphatic rings. The molecule has 8 heteroatoms. The lowest BCUT2D eigenvalue weighted by atomic mass is 10.1. The number of halogens is 3. The van der Waals surface area contributed by atoms with Gasteiger partial charge in [-0.15, -0.1) is 5.43 Å². The van der Waals surface area contributed by atoms with Gasteiger partial charge in [0, 0.05) is 5.69 Å². The van der Waals surface area contributed by atoms with Crippen molar-refractivity contribution in [2.45, 2.75) is 6.18 Å². The summed E-state index contributed by atoms with van der Waals surface area (Å²) >= 11 is 0. The highest BCUT2D eigenvalue weighted by atomic mass is 19.4. The van der Waals surface area contributed by atoms with Crippen molar-refractivity contribution in [3.63, 3.8) is 0 Å². The molecular weight excluding hydrogens is 215 g/mol. The molecule has 0 radical (unpaired) electrons. The highest BCUT2D eigenvalue weighted by molar-refractivity contribution is 5.58. The van der Waals surface area contributed by atoms with E-state index in [1.807, 2.05) is 0 Å². The van der Waals surface area contributed by atoms with Crippen LogP contribution in [0.4, 0.5) is 24.5 Å². The molecule has 15 heavy (non-hydrogen) atoms. The Hall–Kier alpha value is -1.99. The maximum absolute atomic E-state index is 12.2. The number of nitrogens with zero attached hydrogens (tertiary/aromatic N) is 1. The monoisotopic (exact) mass is 221 g/mol. The third-order valence-corrected chi connectivity index (χ3v) is 1.58. The fourth-order valence-electron chi connectivity index (χ4n) is 0.996. The summed E-state index contributed by atoms with van der Waals surface area (Å²) < 4.78 is 36.6. The first kappa shape index (κ1) is 11.1. The molecule has 1 aromatic carbocycles. The van der Waals surface area contributed by atoms with E-state index < -0.39 is 22.5 Å². The fourth-order valence-corrected chi connectivity index (χ4v) is 0.996. The molecule has 0 saturated carbocycles. The van der Waals surface area contributed by atoms with E-state index in [0.29, 0.717) is 6.07 Å². The number of nitro groups is 1. The molecule has 0 aromatic heterocycles. The van der Waals surface area contributed by atoms with Gasteiger partial charge < -0.3 is 5.73 Å². The van der Waals surface area contributed by atoms with Crippen LogP contribution in [0.1, 0.15) is 5.56 Å². The maximum Gasteiger partial charge on any atom is 0.418 e. The number of alkyl halides is 3. The number of hydrogen-bond acceptors (Lipinski definition) is 3. The summed E-state index contributed by atoms with van der Waals surface area (Å²) in [6.45, 7) is 0. The summed E-state index contributed by atoms with van der Waals surface area (Å²) in [6, 6.07) is 2.47. The zero-order chi connectivity index (χ0) is 11.6. The van der Waals surface area contributed by atoms with Gasteiger partial charge in [-0.25, -0.2) is 10.1 Å². The fraction of sp³-hybridized carbons (Fsp3) is 0.143. The highest BCUT2D eigenvalue weighted by Gasteiger charge is 2.32. The van der Waals surface area contributed by atoms with Crippen LogP contribution in [0.25, 0.3) is 0 Å². The topological polar surface area (TPSA) is 81.2 Å². The van der Waals surface area contributed by atoms with E-state index in [9.17, 15) is 23.3 Å². The van der Waals surface area contributed by atoms with Crippen LogP contribution >= 0.6 is 0 Å². The average Bonchev–Trinajstić information content (AvgIpc) is 1.99. The van der Waals surface area contributed by atoms with Gasteiger partial charge in [-0.2, -0.15) is 13.2 Å². The third kappa shape index (κ3) is 2.73. The number of hydrazine groups is 1. The van der Waals surface area contributed by atoms with Gasteiger partial charge in [0.15, 0.2) is 5.03 Å². The smallest absolute Gasteiger partial charge is 0.398 e. The van der Waals surface area contributed by atoms with Crippen LogP contribution < -0.4 is 11.2 Å². The van der Waals surface area contributed by atoms with Crippen LogP contribution in [-0.2, 0) is 6.18 Å². The van der Waals surface area contributed by atoms with Crippen LogP contribution in [0, 0.1) is 10.1 Å². The number of nitrogens with two attached hydrogens (primary N) is 1. The second-order valence-corrected chi connectivity index (χ2v) is 2.67. The molecule has 0 atom stereocenters. The van der Waals surface area contributed by atoms with Crippen molar-refractivity contribution in [1.29, 1.82) is 0 Å². The van der Waals surface area contributed by atoms with Gasteiger partial charge in [-0.05, 0) is 18.2 Å². The van der Waals surface area contributed by atoms with E-state index in [0.717, 1.165) is 12.1 Å². The summed E-state index contributed by atoms with van der Waals surface area (Å²) in [6.07, 6.45) is -4.56. The van der Waals surface area contributed by atoms with Gasteiger partial charge in [0.2, 0.25) is 0 Å². The molecule has 0 unspecified atom stereocenters. The number of nitrogen functional groups attached to an aromatic ring is 1. The van der Waals surface area contributed by atoms with Gasteiger partial charge in [-0.1, -0.05) is 0 Å². The number of hydrogen-bond donors (Lipinski definition) is 2. The molecule has 0 heterocycles. The van der Waals surface area contributed by atoms with E-state index in [1.165, 1.54) is 0 Å². The Bertz CT molecular complexity index is 392. The Balaban J connectivity index is 3.04. The largest absolute Gasteiger partial charge is 0.418 e. The normalized spacial score (nSPS) is 11.1. The molecule has 1 rings (SSSR count). The Kier molecular flexibility index (Phi) is 2.69. The second kappa shape index (κ2) is 3.64. The summed E-state index contributed by atoms with van der Waals surface area (Å²) in [5.41, 5.74) is 5.12. The number of nitrogens with one attached hydrogen (secondary N) is 1. The lowest BCUT2D eigenvalue weighted by molar-refractivity contribution is -0.445. The minimum Gasteiger partial charge on any atom is -0.398 e. The van der Waals surface area contributed by atoms with Crippen molar-refractivity contribution in [2.24, 2.45) is 0 Å². The zero-order valence-corrected chi connectivity index (χ0v) is 7.21. The molecule has 0 aliphatic carbocycles. The van der Waals surface area contributed by atoms with Crippen molar-refractivity contribution in [3.05, 3.63) is 33.9 Å². The molecule has 1 aromatic rings. The summed E-state index contributed by atoms with van der Waals surface area (Å²) in [5.74, 6) is 0. The molecule has 0 saturated heterocycles. The third-order valence-electron chi connectivity index (χ3n) is 1.58. The van der Waals surface area contributed by atoms with E-state index >= 15 is 0 Å². The number of benzene rings is 1. The molecule has 0 bridgehead atoms. The number of rotatable bonds is 2. The van der Waals surface area contributed by atoms with Crippen LogP contribution in [0.5, 0.6) is 0 Å². The molecule has 0 amide bonds. The quantitative estimate of drug-likeness (QED) is 0.454. The Labute approximate surface area is 81.8 Å². The van der Waals surface area contributed by atoms with E-state index in [1.54, 1.807) is 5.43 Å². The average molecular weight is 221 g/mol. The molecule has 0 aliphatic heterocycles. The molecule has 5 nitrogen and oxygen atoms in total. The summed E-state index contributed by atoms with van der Waals surface area (Å²) in [7, 11) is 0. The van der Waals surface area contributed by atoms with Crippen molar-refractivity contribution >= 4 is 11.4 Å². The van der Waals surface area contributed by atoms with E-state index in [-0.39, 0.29) is 5.69 Å². The lowest BCUT2D eigenvalue weighted by Crippen LogP contribution is -2.11. The highest BCUT2D eigenvalue weighted by Crippen LogP contribution is 2.34. The first-order valence-corrected chi connectivity index (χ1v) is 3.68. The number of anilines is 2. The molecule has 0 fully saturated rings. The molecular formula is C7H6F3N3O2. The van der Waals surface area contributed by atoms with Crippen molar-refractivity contribution in [3.8, 4) is 0 Å². The van der Waals surface area contributed by atoms with Gasteiger partial charge >= 0.3 is 6.18 Å². The summed E-state index contributed by atoms with van der Waals surface area (Å²) in [4.78, 5) is 9.99. The Morgan fingerprint density at radius 3 is 2.40 bits per heavy atom. The Morgan fingerprint density at radius 1 is 1.40 bits per heavy atom. The first-order valence-electron chi connectivity index (χ1n) is 3.68. The van der Waals surface area contributed by atoms with Crippen LogP contribution in [0.15, 0.2) is 18.2 Å². The molecule has 3 N–H and O–H groups in total. The van der Waals surface area contributed by atoms with E-state index in [2.05, 4.69) is 0 Å². The second-order valence-electron chi connectivity index (χ2n) is 2.67. The van der Waals surface area contributed by atoms with Gasteiger partial charge in [0.05, 0.1) is 5.56 Å². The van der Waals surface area contributed by atoms with Crippen molar-refractivity contribution in [1.82, 2.24) is 0 Å². The standard InChI is InChI=1S/C7H6F3N3O2/c8-7(9,10)5-2-1-4(3-6(5)11)12-13(14)15/h1-3,12H,11H2. The Morgan fingerprint density at radius 2 is 2.00 bits per heavy atom. The predicted molar refractivity (Wildman–Crippen MR) is 46.5 cm³/mol. The van der Waals surface area contributed by atoms with Gasteiger partial charge in [0.1, 0.15) is 5.69 Å². The zero-order valence-electron chi connectivity index (χ0n) is 7.21. The van der Waals surface area contributed by atoms with E-state index in [4.69, 9.17) is 5.73 Å². The van der Waals surface area contributed by atoms with Gasteiger partial charge in [-0.3, -0.25) is 0 Å². The van der Waals surface area contributed by atoms with Crippen LogP contribution in [0.3, 0.4) is 0 Å².